The number of oxazole rings is 1. The number of rotatable bonds is 1. The van der Waals surface area contributed by atoms with Crippen molar-refractivity contribution < 1.29 is 17.6 Å². The lowest BCUT2D eigenvalue weighted by Crippen LogP contribution is -2.05. The van der Waals surface area contributed by atoms with Gasteiger partial charge >= 0.3 is 6.18 Å². The predicted molar refractivity (Wildman–Crippen MR) is 66.7 cm³/mol. The van der Waals surface area contributed by atoms with E-state index in [-0.39, 0.29) is 11.6 Å². The first-order valence-electron chi connectivity index (χ1n) is 5.63. The Balaban J connectivity index is 2.02. The Bertz CT molecular complexity index is 763. The third-order valence-electron chi connectivity index (χ3n) is 2.72. The molecule has 20 heavy (non-hydrogen) atoms. The molecule has 7 heteroatoms. The lowest BCUT2D eigenvalue weighted by atomic mass is 10.2. The van der Waals surface area contributed by atoms with Gasteiger partial charge in [-0.1, -0.05) is 0 Å². The highest BCUT2D eigenvalue weighted by atomic mass is 19.4. The van der Waals surface area contributed by atoms with Crippen LogP contribution in [0.3, 0.4) is 0 Å². The largest absolute Gasteiger partial charge is 0.435 e. The van der Waals surface area contributed by atoms with Gasteiger partial charge in [-0.05, 0) is 30.3 Å². The predicted octanol–water partition coefficient (Wildman–Crippen LogP) is 3.49. The molecule has 102 valence electrons. The Kier molecular flexibility index (Phi) is 2.63. The fraction of sp³-hybridized carbons (Fsp3) is 0.0769. The number of hydrogen-bond acceptors (Lipinski definition) is 4. The Morgan fingerprint density at radius 3 is 2.55 bits per heavy atom. The van der Waals surface area contributed by atoms with Crippen LogP contribution in [-0.2, 0) is 6.18 Å². The highest BCUT2D eigenvalue weighted by Crippen LogP contribution is 2.30. The molecule has 0 radical (unpaired) electrons. The third-order valence-corrected chi connectivity index (χ3v) is 2.72. The maximum absolute atomic E-state index is 12.4. The minimum Gasteiger partial charge on any atom is -0.435 e. The summed E-state index contributed by atoms with van der Waals surface area (Å²) in [6, 6.07) is 7.07. The van der Waals surface area contributed by atoms with Crippen LogP contribution >= 0.6 is 0 Å². The van der Waals surface area contributed by atoms with Gasteiger partial charge in [-0.15, -0.1) is 0 Å². The molecule has 3 rings (SSSR count). The van der Waals surface area contributed by atoms with E-state index in [1.807, 2.05) is 0 Å². The van der Waals surface area contributed by atoms with E-state index in [0.717, 1.165) is 12.3 Å². The highest BCUT2D eigenvalue weighted by molar-refractivity contribution is 5.78. The minimum absolute atomic E-state index is 0.152. The third kappa shape index (κ3) is 2.18. The van der Waals surface area contributed by atoms with Crippen LogP contribution in [0, 0.1) is 0 Å². The minimum atomic E-state index is -4.42. The van der Waals surface area contributed by atoms with E-state index >= 15 is 0 Å². The maximum Gasteiger partial charge on any atom is 0.417 e. The van der Waals surface area contributed by atoms with E-state index in [0.29, 0.717) is 16.8 Å². The van der Waals surface area contributed by atoms with Gasteiger partial charge in [0, 0.05) is 11.9 Å². The van der Waals surface area contributed by atoms with Crippen molar-refractivity contribution in [1.82, 2.24) is 9.97 Å². The first-order chi connectivity index (χ1) is 9.43. The molecular formula is C13H8F3N3O. The van der Waals surface area contributed by atoms with E-state index in [4.69, 9.17) is 10.2 Å². The average molecular weight is 279 g/mol. The molecule has 2 heterocycles. The first-order valence-corrected chi connectivity index (χ1v) is 5.63. The van der Waals surface area contributed by atoms with Crippen molar-refractivity contribution in [2.24, 2.45) is 0 Å². The molecule has 0 spiro atoms. The Hall–Kier alpha value is -2.57. The SMILES string of the molecule is Nc1ccc2oc(-c3ccc(C(F)(F)F)cn3)nc2c1. The number of alkyl halides is 3. The number of pyridine rings is 1. The molecule has 0 amide bonds. The second-order valence-corrected chi connectivity index (χ2v) is 4.18. The van der Waals surface area contributed by atoms with Gasteiger partial charge < -0.3 is 10.2 Å². The summed E-state index contributed by atoms with van der Waals surface area (Å²) in [7, 11) is 0. The van der Waals surface area contributed by atoms with E-state index in [2.05, 4.69) is 9.97 Å². The topological polar surface area (TPSA) is 64.9 Å². The summed E-state index contributed by atoms with van der Waals surface area (Å²) in [4.78, 5) is 7.87. The van der Waals surface area contributed by atoms with Crippen molar-refractivity contribution in [2.45, 2.75) is 6.18 Å². The Morgan fingerprint density at radius 1 is 1.10 bits per heavy atom. The van der Waals surface area contributed by atoms with Crippen LogP contribution in [0.2, 0.25) is 0 Å². The molecule has 0 aliphatic carbocycles. The number of halogens is 3. The monoisotopic (exact) mass is 279 g/mol. The van der Waals surface area contributed by atoms with Gasteiger partial charge in [-0.2, -0.15) is 13.2 Å². The van der Waals surface area contributed by atoms with Crippen LogP contribution in [0.15, 0.2) is 40.9 Å². The van der Waals surface area contributed by atoms with Crippen molar-refractivity contribution in [3.63, 3.8) is 0 Å². The van der Waals surface area contributed by atoms with Gasteiger partial charge in [0.2, 0.25) is 5.89 Å². The first kappa shape index (κ1) is 12.5. The molecule has 0 fully saturated rings. The van der Waals surface area contributed by atoms with Crippen molar-refractivity contribution in [1.29, 1.82) is 0 Å². The molecule has 0 aliphatic rings. The summed E-state index contributed by atoms with van der Waals surface area (Å²) in [6.45, 7) is 0. The van der Waals surface area contributed by atoms with Crippen molar-refractivity contribution in [2.75, 3.05) is 5.73 Å². The number of nitrogen functional groups attached to an aromatic ring is 1. The zero-order valence-corrected chi connectivity index (χ0v) is 9.98. The number of benzene rings is 1. The van der Waals surface area contributed by atoms with Gasteiger partial charge in [0.05, 0.1) is 5.56 Å². The fourth-order valence-electron chi connectivity index (χ4n) is 1.74. The van der Waals surface area contributed by atoms with Crippen molar-refractivity contribution >= 4 is 16.8 Å². The molecule has 0 saturated heterocycles. The number of aromatic nitrogens is 2. The molecular weight excluding hydrogens is 271 g/mol. The van der Waals surface area contributed by atoms with Gasteiger partial charge in [0.1, 0.15) is 11.2 Å². The lowest BCUT2D eigenvalue weighted by molar-refractivity contribution is -0.137. The molecule has 3 aromatic rings. The van der Waals surface area contributed by atoms with E-state index in [1.165, 1.54) is 6.07 Å². The number of nitrogens with two attached hydrogens (primary N) is 1. The standard InChI is InChI=1S/C13H8F3N3O/c14-13(15,16)7-1-3-9(18-6-7)12-19-10-5-8(17)2-4-11(10)20-12/h1-6H,17H2. The molecule has 0 atom stereocenters. The zero-order chi connectivity index (χ0) is 14.3. The Labute approximate surface area is 111 Å². The van der Waals surface area contributed by atoms with Gasteiger partial charge in [0.25, 0.3) is 0 Å². The molecule has 0 saturated carbocycles. The summed E-state index contributed by atoms with van der Waals surface area (Å²) in [5.41, 5.74) is 6.58. The van der Waals surface area contributed by atoms with Gasteiger partial charge in [-0.3, -0.25) is 4.98 Å². The summed E-state index contributed by atoms with van der Waals surface area (Å²) >= 11 is 0. The van der Waals surface area contributed by atoms with E-state index < -0.39 is 11.7 Å². The van der Waals surface area contributed by atoms with E-state index in [1.54, 1.807) is 18.2 Å². The van der Waals surface area contributed by atoms with Crippen LogP contribution in [0.5, 0.6) is 0 Å². The molecule has 0 aliphatic heterocycles. The second kappa shape index (κ2) is 4.22. The van der Waals surface area contributed by atoms with Gasteiger partial charge in [-0.25, -0.2) is 4.98 Å². The van der Waals surface area contributed by atoms with E-state index in [9.17, 15) is 13.2 Å². The zero-order valence-electron chi connectivity index (χ0n) is 9.98. The molecule has 4 nitrogen and oxygen atoms in total. The fourth-order valence-corrected chi connectivity index (χ4v) is 1.74. The van der Waals surface area contributed by atoms with Crippen LogP contribution in [0.1, 0.15) is 5.56 Å². The summed E-state index contributed by atoms with van der Waals surface area (Å²) in [6.07, 6.45) is -3.67. The van der Waals surface area contributed by atoms with Crippen molar-refractivity contribution in [3.8, 4) is 11.6 Å². The lowest BCUT2D eigenvalue weighted by Gasteiger charge is -2.05. The second-order valence-electron chi connectivity index (χ2n) is 4.18. The average Bonchev–Trinajstić information content (AvgIpc) is 2.80. The number of hydrogen-bond donors (Lipinski definition) is 1. The summed E-state index contributed by atoms with van der Waals surface area (Å²) in [5, 5.41) is 0. The molecule has 2 aromatic heterocycles. The Morgan fingerprint density at radius 2 is 1.90 bits per heavy atom. The summed E-state index contributed by atoms with van der Waals surface area (Å²) < 4.78 is 42.7. The van der Waals surface area contributed by atoms with Gasteiger partial charge in [0.15, 0.2) is 5.58 Å². The van der Waals surface area contributed by atoms with Crippen LogP contribution in [0.25, 0.3) is 22.7 Å². The number of nitrogens with zero attached hydrogens (tertiary/aromatic N) is 2. The number of anilines is 1. The van der Waals surface area contributed by atoms with Crippen LogP contribution < -0.4 is 5.73 Å². The van der Waals surface area contributed by atoms with Crippen LogP contribution in [0.4, 0.5) is 18.9 Å². The van der Waals surface area contributed by atoms with Crippen LogP contribution in [-0.4, -0.2) is 9.97 Å². The highest BCUT2D eigenvalue weighted by Gasteiger charge is 2.30. The van der Waals surface area contributed by atoms with Crippen molar-refractivity contribution in [3.05, 3.63) is 42.1 Å². The number of fused-ring (bicyclic) bond motifs is 1. The maximum atomic E-state index is 12.4. The molecule has 2 N–H and O–H groups in total. The quantitative estimate of drug-likeness (QED) is 0.692. The normalized spacial score (nSPS) is 11.9. The molecule has 0 unspecified atom stereocenters. The molecule has 1 aromatic carbocycles. The smallest absolute Gasteiger partial charge is 0.417 e. The summed E-state index contributed by atoms with van der Waals surface area (Å²) in [5.74, 6) is 0.152. The molecule has 0 bridgehead atoms.